The lowest BCUT2D eigenvalue weighted by atomic mass is 9.92. The quantitative estimate of drug-likeness (QED) is 0.719. The number of nitrogens with zero attached hydrogens (tertiary/aromatic N) is 2. The number of nitrogens with one attached hydrogen (secondary N) is 1. The summed E-state index contributed by atoms with van der Waals surface area (Å²) in [4.78, 5) is 29.3. The highest BCUT2D eigenvalue weighted by atomic mass is 35.5. The van der Waals surface area contributed by atoms with Crippen molar-refractivity contribution in [2.45, 2.75) is 37.2 Å². The molecule has 1 amide bonds. The van der Waals surface area contributed by atoms with Crippen LogP contribution in [0.25, 0.3) is 0 Å². The summed E-state index contributed by atoms with van der Waals surface area (Å²) in [5, 5.41) is 13.3. The van der Waals surface area contributed by atoms with Gasteiger partial charge >= 0.3 is 5.97 Å². The van der Waals surface area contributed by atoms with Gasteiger partial charge in [-0.25, -0.2) is 14.2 Å². The van der Waals surface area contributed by atoms with E-state index in [0.717, 1.165) is 12.8 Å². The topological polar surface area (TPSA) is 93.4 Å². The standard InChI is InChI=1S/C21H23ClFN3O4/c1-26-10-24-17(18(26)19(27)25-14-3-4-16(23)15(22)7-14)11-5-12-8-21(29,20(28)30-2)9-13(12)6-11/h3-4,7,10-13,29H,5-6,8-9H2,1-2H3,(H,25,27). The maximum Gasteiger partial charge on any atom is 0.337 e. The first-order valence-corrected chi connectivity index (χ1v) is 10.2. The summed E-state index contributed by atoms with van der Waals surface area (Å²) in [6.07, 6.45) is 3.81. The van der Waals surface area contributed by atoms with E-state index < -0.39 is 17.4 Å². The molecule has 2 N–H and O–H groups in total. The van der Waals surface area contributed by atoms with Crippen LogP contribution in [0.2, 0.25) is 5.02 Å². The SMILES string of the molecule is COC(=O)C1(O)CC2CC(c3ncn(C)c3C(=O)Nc3ccc(F)c(Cl)c3)CC2C1. The number of aromatic nitrogens is 2. The number of amides is 1. The van der Waals surface area contributed by atoms with Gasteiger partial charge in [-0.15, -0.1) is 0 Å². The Labute approximate surface area is 178 Å². The highest BCUT2D eigenvalue weighted by molar-refractivity contribution is 6.31. The minimum Gasteiger partial charge on any atom is -0.467 e. The third kappa shape index (κ3) is 3.58. The van der Waals surface area contributed by atoms with E-state index in [1.54, 1.807) is 17.9 Å². The average molecular weight is 436 g/mol. The molecule has 2 unspecified atom stereocenters. The van der Waals surface area contributed by atoms with Crippen LogP contribution in [-0.2, 0) is 16.6 Å². The minimum absolute atomic E-state index is 0.0564. The zero-order valence-corrected chi connectivity index (χ0v) is 17.4. The van der Waals surface area contributed by atoms with Crippen LogP contribution >= 0.6 is 11.6 Å². The molecule has 0 radical (unpaired) electrons. The zero-order chi connectivity index (χ0) is 21.6. The van der Waals surface area contributed by atoms with Gasteiger partial charge in [0.05, 0.1) is 24.2 Å². The molecule has 0 bridgehead atoms. The molecule has 1 aromatic heterocycles. The predicted molar refractivity (Wildman–Crippen MR) is 108 cm³/mol. The first-order chi connectivity index (χ1) is 14.2. The maximum absolute atomic E-state index is 13.4. The van der Waals surface area contributed by atoms with Crippen molar-refractivity contribution in [3.05, 3.63) is 46.8 Å². The van der Waals surface area contributed by atoms with Gasteiger partial charge < -0.3 is 19.7 Å². The molecule has 2 aromatic rings. The van der Waals surface area contributed by atoms with Crippen LogP contribution in [0, 0.1) is 17.7 Å². The summed E-state index contributed by atoms with van der Waals surface area (Å²) in [6.45, 7) is 0. The molecular weight excluding hydrogens is 413 g/mol. The Balaban J connectivity index is 1.51. The summed E-state index contributed by atoms with van der Waals surface area (Å²) < 4.78 is 19.8. The number of esters is 1. The first-order valence-electron chi connectivity index (χ1n) is 9.80. The number of ether oxygens (including phenoxy) is 1. The summed E-state index contributed by atoms with van der Waals surface area (Å²) in [6, 6.07) is 4.00. The number of anilines is 1. The van der Waals surface area contributed by atoms with Crippen LogP contribution in [-0.4, -0.2) is 39.2 Å². The number of aliphatic hydroxyl groups is 1. The van der Waals surface area contributed by atoms with Crippen molar-refractivity contribution in [2.75, 3.05) is 12.4 Å². The molecule has 30 heavy (non-hydrogen) atoms. The molecule has 0 saturated heterocycles. The Morgan fingerprint density at radius 1 is 1.33 bits per heavy atom. The number of fused-ring (bicyclic) bond motifs is 1. The van der Waals surface area contributed by atoms with Crippen molar-refractivity contribution in [3.8, 4) is 0 Å². The second kappa shape index (κ2) is 7.67. The average Bonchev–Trinajstić information content (AvgIpc) is 3.35. The number of benzene rings is 1. The Hall–Kier alpha value is -2.45. The molecule has 9 heteroatoms. The van der Waals surface area contributed by atoms with E-state index in [0.29, 0.717) is 29.9 Å². The van der Waals surface area contributed by atoms with Gasteiger partial charge in [-0.3, -0.25) is 4.79 Å². The molecule has 2 fully saturated rings. The van der Waals surface area contributed by atoms with Gasteiger partial charge in [0.2, 0.25) is 0 Å². The first kappa shape index (κ1) is 20.8. The molecule has 7 nitrogen and oxygen atoms in total. The fraction of sp³-hybridized carbons (Fsp3) is 0.476. The van der Waals surface area contributed by atoms with Gasteiger partial charge in [-0.2, -0.15) is 0 Å². The van der Waals surface area contributed by atoms with Crippen molar-refractivity contribution in [3.63, 3.8) is 0 Å². The van der Waals surface area contributed by atoms with Crippen LogP contribution in [0.15, 0.2) is 24.5 Å². The van der Waals surface area contributed by atoms with Gasteiger partial charge in [0.25, 0.3) is 5.91 Å². The third-order valence-electron chi connectivity index (χ3n) is 6.35. The molecule has 160 valence electrons. The van der Waals surface area contributed by atoms with Crippen molar-refractivity contribution in [2.24, 2.45) is 18.9 Å². The molecule has 2 atom stereocenters. The van der Waals surface area contributed by atoms with Crippen molar-refractivity contribution in [1.82, 2.24) is 9.55 Å². The van der Waals surface area contributed by atoms with E-state index >= 15 is 0 Å². The zero-order valence-electron chi connectivity index (χ0n) is 16.7. The van der Waals surface area contributed by atoms with Crippen molar-refractivity contribution < 1.29 is 23.8 Å². The lowest BCUT2D eigenvalue weighted by Crippen LogP contribution is -2.37. The number of imidazole rings is 1. The summed E-state index contributed by atoms with van der Waals surface area (Å²) >= 11 is 5.80. The van der Waals surface area contributed by atoms with Crippen LogP contribution in [0.4, 0.5) is 10.1 Å². The van der Waals surface area contributed by atoms with E-state index in [4.69, 9.17) is 16.3 Å². The number of aryl methyl sites for hydroxylation is 1. The van der Waals surface area contributed by atoms with Crippen LogP contribution in [0.5, 0.6) is 0 Å². The van der Waals surface area contributed by atoms with E-state index in [-0.39, 0.29) is 28.7 Å². The van der Waals surface area contributed by atoms with Crippen molar-refractivity contribution in [1.29, 1.82) is 0 Å². The number of halogens is 2. The van der Waals surface area contributed by atoms with Gasteiger partial charge in [-0.1, -0.05) is 11.6 Å². The van der Waals surface area contributed by atoms with Crippen LogP contribution in [0.3, 0.4) is 0 Å². The molecule has 4 rings (SSSR count). The Bertz CT molecular complexity index is 994. The number of hydrogen-bond donors (Lipinski definition) is 2. The predicted octanol–water partition coefficient (Wildman–Crippen LogP) is 3.27. The fourth-order valence-corrected chi connectivity index (χ4v) is 5.21. The minimum atomic E-state index is -1.42. The maximum atomic E-state index is 13.4. The van der Waals surface area contributed by atoms with Crippen molar-refractivity contribution >= 4 is 29.2 Å². The fourth-order valence-electron chi connectivity index (χ4n) is 5.03. The van der Waals surface area contributed by atoms with Gasteiger partial charge in [0, 0.05) is 18.7 Å². The molecule has 2 saturated carbocycles. The number of carbonyl (C=O) groups is 2. The van der Waals surface area contributed by atoms with Crippen LogP contribution in [0.1, 0.15) is 47.8 Å². The number of hydrogen-bond acceptors (Lipinski definition) is 5. The highest BCUT2D eigenvalue weighted by Gasteiger charge is 2.53. The Kier molecular flexibility index (Phi) is 5.32. The lowest BCUT2D eigenvalue weighted by molar-refractivity contribution is -0.162. The summed E-state index contributed by atoms with van der Waals surface area (Å²) in [7, 11) is 3.03. The van der Waals surface area contributed by atoms with E-state index in [9.17, 15) is 19.1 Å². The largest absolute Gasteiger partial charge is 0.467 e. The molecule has 2 aliphatic carbocycles. The van der Waals surface area contributed by atoms with Gasteiger partial charge in [0.1, 0.15) is 11.5 Å². The molecule has 1 aromatic carbocycles. The molecule has 1 heterocycles. The smallest absolute Gasteiger partial charge is 0.337 e. The van der Waals surface area contributed by atoms with Crippen LogP contribution < -0.4 is 5.32 Å². The Morgan fingerprint density at radius 3 is 2.60 bits per heavy atom. The third-order valence-corrected chi connectivity index (χ3v) is 6.64. The highest BCUT2D eigenvalue weighted by Crippen LogP contribution is 2.54. The molecule has 0 spiro atoms. The second-order valence-electron chi connectivity index (χ2n) is 8.29. The monoisotopic (exact) mass is 435 g/mol. The normalized spacial score (nSPS) is 27.7. The molecule has 2 aliphatic rings. The second-order valence-corrected chi connectivity index (χ2v) is 8.70. The molecular formula is C21H23ClFN3O4. The lowest BCUT2D eigenvalue weighted by Gasteiger charge is -2.21. The van der Waals surface area contributed by atoms with E-state index in [2.05, 4.69) is 10.3 Å². The van der Waals surface area contributed by atoms with Gasteiger partial charge in [-0.05, 0) is 55.7 Å². The van der Waals surface area contributed by atoms with Gasteiger partial charge in [0.15, 0.2) is 5.60 Å². The van der Waals surface area contributed by atoms with E-state index in [1.807, 2.05) is 0 Å². The Morgan fingerprint density at radius 2 is 2.00 bits per heavy atom. The molecule has 0 aliphatic heterocycles. The number of rotatable bonds is 4. The summed E-state index contributed by atoms with van der Waals surface area (Å²) in [5.41, 5.74) is 0.106. The number of carbonyl (C=O) groups excluding carboxylic acids is 2. The summed E-state index contributed by atoms with van der Waals surface area (Å²) in [5.74, 6) is -1.08. The number of methoxy groups -OCH3 is 1. The van der Waals surface area contributed by atoms with E-state index in [1.165, 1.54) is 25.3 Å².